The average molecular weight is 410 g/mol. The first-order valence-electron chi connectivity index (χ1n) is 8.99. The fourth-order valence-corrected chi connectivity index (χ4v) is 3.84. The van der Waals surface area contributed by atoms with Crippen molar-refractivity contribution in [2.24, 2.45) is 0 Å². The summed E-state index contributed by atoms with van der Waals surface area (Å²) in [6, 6.07) is 20.6. The molecule has 29 heavy (non-hydrogen) atoms. The zero-order valence-corrected chi connectivity index (χ0v) is 17.0. The minimum atomic E-state index is -3.76. The largest absolute Gasteiger partial charge is 0.495 e. The lowest BCUT2D eigenvalue weighted by Gasteiger charge is -2.12. The Labute approximate surface area is 170 Å². The Kier molecular flexibility index (Phi) is 6.31. The Bertz CT molecular complexity index is 1110. The summed E-state index contributed by atoms with van der Waals surface area (Å²) in [6.07, 6.45) is 0. The monoisotopic (exact) mass is 410 g/mol. The van der Waals surface area contributed by atoms with Crippen molar-refractivity contribution in [1.82, 2.24) is 4.72 Å². The molecule has 0 saturated carbocycles. The molecular formula is C22H22N2O4S. The van der Waals surface area contributed by atoms with Crippen LogP contribution in [0, 0.1) is 6.92 Å². The van der Waals surface area contributed by atoms with Gasteiger partial charge in [-0.05, 0) is 48.4 Å². The molecule has 1 amide bonds. The predicted octanol–water partition coefficient (Wildman–Crippen LogP) is 3.73. The highest BCUT2D eigenvalue weighted by Gasteiger charge is 2.17. The first-order chi connectivity index (χ1) is 13.9. The molecule has 0 spiro atoms. The minimum absolute atomic E-state index is 0.0253. The van der Waals surface area contributed by atoms with E-state index in [1.807, 2.05) is 43.3 Å². The molecule has 0 atom stereocenters. The van der Waals surface area contributed by atoms with E-state index < -0.39 is 15.9 Å². The van der Waals surface area contributed by atoms with Crippen LogP contribution in [0.5, 0.6) is 5.75 Å². The number of hydrogen-bond donors (Lipinski definition) is 2. The maximum Gasteiger partial charge on any atom is 0.255 e. The van der Waals surface area contributed by atoms with Crippen molar-refractivity contribution in [2.45, 2.75) is 18.4 Å². The molecule has 0 saturated heterocycles. The first kappa shape index (κ1) is 20.6. The molecule has 0 heterocycles. The van der Waals surface area contributed by atoms with Crippen LogP contribution in [0.3, 0.4) is 0 Å². The zero-order chi connectivity index (χ0) is 20.9. The van der Waals surface area contributed by atoms with Crippen LogP contribution in [0.25, 0.3) is 0 Å². The second-order valence-corrected chi connectivity index (χ2v) is 8.26. The van der Waals surface area contributed by atoms with Gasteiger partial charge in [-0.25, -0.2) is 13.1 Å². The van der Waals surface area contributed by atoms with Gasteiger partial charge in [0.25, 0.3) is 5.91 Å². The summed E-state index contributed by atoms with van der Waals surface area (Å²) in [7, 11) is -2.24. The number of carbonyl (C=O) groups excluding carboxylic acids is 1. The number of aryl methyl sites for hydroxylation is 1. The third-order valence-electron chi connectivity index (χ3n) is 4.32. The van der Waals surface area contributed by atoms with Crippen molar-refractivity contribution in [1.29, 1.82) is 0 Å². The van der Waals surface area contributed by atoms with Crippen LogP contribution in [0.15, 0.2) is 77.7 Å². The quantitative estimate of drug-likeness (QED) is 0.622. The molecular weight excluding hydrogens is 388 g/mol. The van der Waals surface area contributed by atoms with Crippen molar-refractivity contribution >= 4 is 21.6 Å². The fraction of sp³-hybridized carbons (Fsp3) is 0.136. The molecule has 6 nitrogen and oxygen atoms in total. The molecule has 0 aliphatic rings. The lowest BCUT2D eigenvalue weighted by molar-refractivity contribution is 0.102. The minimum Gasteiger partial charge on any atom is -0.495 e. The van der Waals surface area contributed by atoms with Gasteiger partial charge in [-0.3, -0.25) is 4.79 Å². The molecule has 0 aromatic heterocycles. The summed E-state index contributed by atoms with van der Waals surface area (Å²) < 4.78 is 33.1. The maximum atomic E-state index is 12.7. The molecule has 0 fully saturated rings. The van der Waals surface area contributed by atoms with Gasteiger partial charge in [0.05, 0.1) is 17.7 Å². The van der Waals surface area contributed by atoms with Crippen molar-refractivity contribution in [3.63, 3.8) is 0 Å². The van der Waals surface area contributed by atoms with Gasteiger partial charge < -0.3 is 10.1 Å². The molecule has 0 unspecified atom stereocenters. The van der Waals surface area contributed by atoms with Crippen molar-refractivity contribution in [3.8, 4) is 5.75 Å². The summed E-state index contributed by atoms with van der Waals surface area (Å²) in [5, 5.41) is 2.78. The fourth-order valence-electron chi connectivity index (χ4n) is 2.78. The van der Waals surface area contributed by atoms with Gasteiger partial charge in [0.1, 0.15) is 5.75 Å². The van der Waals surface area contributed by atoms with Crippen LogP contribution in [0.1, 0.15) is 21.5 Å². The molecule has 2 N–H and O–H groups in total. The number of methoxy groups -OCH3 is 1. The topological polar surface area (TPSA) is 84.5 Å². The normalized spacial score (nSPS) is 11.1. The number of hydrogen-bond acceptors (Lipinski definition) is 4. The van der Waals surface area contributed by atoms with Gasteiger partial charge in [-0.15, -0.1) is 0 Å². The number of anilines is 1. The lowest BCUT2D eigenvalue weighted by Crippen LogP contribution is -2.23. The van der Waals surface area contributed by atoms with Gasteiger partial charge in [-0.2, -0.15) is 0 Å². The number of rotatable bonds is 7. The highest BCUT2D eigenvalue weighted by Crippen LogP contribution is 2.26. The van der Waals surface area contributed by atoms with Gasteiger partial charge in [0.2, 0.25) is 10.0 Å². The zero-order valence-electron chi connectivity index (χ0n) is 16.2. The van der Waals surface area contributed by atoms with Crippen LogP contribution in [-0.4, -0.2) is 21.4 Å². The third kappa shape index (κ3) is 5.22. The van der Waals surface area contributed by atoms with Crippen LogP contribution < -0.4 is 14.8 Å². The molecule has 0 aliphatic heterocycles. The second kappa shape index (κ2) is 8.89. The highest BCUT2D eigenvalue weighted by molar-refractivity contribution is 7.89. The predicted molar refractivity (Wildman–Crippen MR) is 113 cm³/mol. The Morgan fingerprint density at radius 3 is 2.45 bits per heavy atom. The van der Waals surface area contributed by atoms with E-state index in [1.54, 1.807) is 24.3 Å². The molecule has 0 aliphatic carbocycles. The first-order valence-corrected chi connectivity index (χ1v) is 10.5. The molecule has 3 aromatic rings. The van der Waals surface area contributed by atoms with Gasteiger partial charge in [0, 0.05) is 12.1 Å². The standard InChI is InChI=1S/C22H22N2O4S/c1-16-11-12-21(28-2)20(13-16)24-22(25)18-9-6-10-19(14-18)29(26,27)23-15-17-7-4-3-5-8-17/h3-14,23H,15H2,1-2H3,(H,24,25). The van der Waals surface area contributed by atoms with E-state index in [4.69, 9.17) is 4.74 Å². The molecule has 3 aromatic carbocycles. The molecule has 150 valence electrons. The van der Waals surface area contributed by atoms with Gasteiger partial charge in [0.15, 0.2) is 0 Å². The molecule has 3 rings (SSSR count). The smallest absolute Gasteiger partial charge is 0.255 e. The van der Waals surface area contributed by atoms with E-state index in [9.17, 15) is 13.2 Å². The number of nitrogens with one attached hydrogen (secondary N) is 2. The number of carbonyl (C=O) groups is 1. The Hall–Kier alpha value is -3.16. The van der Waals surface area contributed by atoms with Crippen molar-refractivity contribution < 1.29 is 17.9 Å². The average Bonchev–Trinajstić information content (AvgIpc) is 2.73. The second-order valence-electron chi connectivity index (χ2n) is 6.50. The van der Waals surface area contributed by atoms with Gasteiger partial charge >= 0.3 is 0 Å². The summed E-state index contributed by atoms with van der Waals surface area (Å²) in [5.74, 6) is 0.103. The number of amides is 1. The Morgan fingerprint density at radius 1 is 0.966 bits per heavy atom. The van der Waals surface area contributed by atoms with E-state index in [-0.39, 0.29) is 17.0 Å². The SMILES string of the molecule is COc1ccc(C)cc1NC(=O)c1cccc(S(=O)(=O)NCc2ccccc2)c1. The summed E-state index contributed by atoms with van der Waals surface area (Å²) in [4.78, 5) is 12.7. The number of ether oxygens (including phenoxy) is 1. The Morgan fingerprint density at radius 2 is 1.72 bits per heavy atom. The number of benzene rings is 3. The van der Waals surface area contributed by atoms with Gasteiger partial charge in [-0.1, -0.05) is 42.5 Å². The van der Waals surface area contributed by atoms with E-state index in [0.29, 0.717) is 11.4 Å². The number of sulfonamides is 1. The van der Waals surface area contributed by atoms with Crippen LogP contribution in [-0.2, 0) is 16.6 Å². The van der Waals surface area contributed by atoms with Crippen LogP contribution in [0.2, 0.25) is 0 Å². The summed E-state index contributed by atoms with van der Waals surface area (Å²) in [5.41, 5.74) is 2.56. The Balaban J connectivity index is 1.78. The third-order valence-corrected chi connectivity index (χ3v) is 5.72. The highest BCUT2D eigenvalue weighted by atomic mass is 32.2. The van der Waals surface area contributed by atoms with E-state index in [2.05, 4.69) is 10.0 Å². The summed E-state index contributed by atoms with van der Waals surface area (Å²) in [6.45, 7) is 2.07. The molecule has 0 radical (unpaired) electrons. The van der Waals surface area contributed by atoms with Crippen molar-refractivity contribution in [2.75, 3.05) is 12.4 Å². The van der Waals surface area contributed by atoms with E-state index in [1.165, 1.54) is 19.2 Å². The van der Waals surface area contributed by atoms with Crippen LogP contribution in [0.4, 0.5) is 5.69 Å². The molecule has 7 heteroatoms. The molecule has 0 bridgehead atoms. The van der Waals surface area contributed by atoms with E-state index in [0.717, 1.165) is 11.1 Å². The van der Waals surface area contributed by atoms with Crippen LogP contribution >= 0.6 is 0 Å². The lowest BCUT2D eigenvalue weighted by atomic mass is 10.1. The summed E-state index contributed by atoms with van der Waals surface area (Å²) >= 11 is 0. The van der Waals surface area contributed by atoms with Crippen molar-refractivity contribution in [3.05, 3.63) is 89.5 Å². The van der Waals surface area contributed by atoms with E-state index >= 15 is 0 Å². The maximum absolute atomic E-state index is 12.7.